The number of benzene rings is 1. The molecule has 1 aromatic rings. The van der Waals surface area contributed by atoms with Crippen LogP contribution in [0.15, 0.2) is 24.3 Å². The summed E-state index contributed by atoms with van der Waals surface area (Å²) in [6.07, 6.45) is 2.34. The first-order valence-corrected chi connectivity index (χ1v) is 7.89. The minimum Gasteiger partial charge on any atom is -0.497 e. The van der Waals surface area contributed by atoms with Gasteiger partial charge in [0.1, 0.15) is 18.0 Å². The number of aliphatic hydroxyl groups excluding tert-OH is 1. The fourth-order valence-electron chi connectivity index (χ4n) is 2.89. The van der Waals surface area contributed by atoms with Gasteiger partial charge < -0.3 is 19.9 Å². The van der Waals surface area contributed by atoms with Crippen LogP contribution in [0.5, 0.6) is 5.75 Å². The first-order valence-electron chi connectivity index (χ1n) is 7.89. The molecule has 5 nitrogen and oxygen atoms in total. The van der Waals surface area contributed by atoms with Crippen molar-refractivity contribution in [2.75, 3.05) is 13.7 Å². The zero-order chi connectivity index (χ0) is 15.5. The summed E-state index contributed by atoms with van der Waals surface area (Å²) in [6, 6.07) is 7.76. The Bertz CT molecular complexity index is 512. The maximum Gasteiger partial charge on any atom is 0.306 e. The highest BCUT2D eigenvalue weighted by molar-refractivity contribution is 5.70. The molecule has 120 valence electrons. The van der Waals surface area contributed by atoms with E-state index in [0.717, 1.165) is 24.2 Å². The predicted octanol–water partition coefficient (Wildman–Crippen LogP) is 1.28. The molecular weight excluding hydrogens is 282 g/mol. The van der Waals surface area contributed by atoms with Gasteiger partial charge >= 0.3 is 5.97 Å². The summed E-state index contributed by atoms with van der Waals surface area (Å²) in [6.45, 7) is 0.461. The number of nitrogens with one attached hydrogen (secondary N) is 1. The Hall–Kier alpha value is -1.59. The van der Waals surface area contributed by atoms with Crippen molar-refractivity contribution in [1.82, 2.24) is 5.32 Å². The lowest BCUT2D eigenvalue weighted by Crippen LogP contribution is -2.39. The largest absolute Gasteiger partial charge is 0.497 e. The molecule has 0 unspecified atom stereocenters. The maximum atomic E-state index is 11.9. The van der Waals surface area contributed by atoms with Crippen LogP contribution >= 0.6 is 0 Å². The van der Waals surface area contributed by atoms with Gasteiger partial charge in [-0.2, -0.15) is 0 Å². The predicted molar refractivity (Wildman–Crippen MR) is 81.7 cm³/mol. The van der Waals surface area contributed by atoms with Crippen LogP contribution in [0, 0.1) is 5.92 Å². The lowest BCUT2D eigenvalue weighted by atomic mass is 10.0. The maximum absolute atomic E-state index is 11.9. The van der Waals surface area contributed by atoms with E-state index in [-0.39, 0.29) is 12.0 Å². The summed E-state index contributed by atoms with van der Waals surface area (Å²) in [4.78, 5) is 11.9. The van der Waals surface area contributed by atoms with Gasteiger partial charge in [0.2, 0.25) is 0 Å². The van der Waals surface area contributed by atoms with Gasteiger partial charge in [-0.25, -0.2) is 0 Å². The number of carbonyl (C=O) groups excluding carboxylic acids is 1. The van der Waals surface area contributed by atoms with Gasteiger partial charge in [-0.3, -0.25) is 4.79 Å². The summed E-state index contributed by atoms with van der Waals surface area (Å²) >= 11 is 0. The van der Waals surface area contributed by atoms with Gasteiger partial charge in [0.25, 0.3) is 0 Å². The smallest absolute Gasteiger partial charge is 0.306 e. The Morgan fingerprint density at radius 3 is 2.68 bits per heavy atom. The van der Waals surface area contributed by atoms with Crippen molar-refractivity contribution in [2.24, 2.45) is 5.92 Å². The SMILES string of the molecule is COc1ccc(C[C@H]2NC[C@H](O)[C@H]2OC(=O)CC2CC2)cc1. The third-order valence-electron chi connectivity index (χ3n) is 4.40. The van der Waals surface area contributed by atoms with Crippen LogP contribution in [-0.2, 0) is 16.0 Å². The van der Waals surface area contributed by atoms with Crippen LogP contribution in [0.3, 0.4) is 0 Å². The fraction of sp³-hybridized carbons (Fsp3) is 0.588. The molecule has 5 heteroatoms. The molecule has 1 heterocycles. The second-order valence-electron chi connectivity index (χ2n) is 6.24. The number of aliphatic hydroxyl groups is 1. The second-order valence-corrected chi connectivity index (χ2v) is 6.24. The highest BCUT2D eigenvalue weighted by Crippen LogP contribution is 2.33. The van der Waals surface area contributed by atoms with Crippen LogP contribution in [0.4, 0.5) is 0 Å². The Kier molecular flexibility index (Phi) is 4.64. The minimum absolute atomic E-state index is 0.0495. The second kappa shape index (κ2) is 6.67. The van der Waals surface area contributed by atoms with Gasteiger partial charge in [-0.1, -0.05) is 12.1 Å². The molecule has 1 aliphatic heterocycles. The zero-order valence-electron chi connectivity index (χ0n) is 12.8. The Balaban J connectivity index is 1.59. The summed E-state index contributed by atoms with van der Waals surface area (Å²) in [7, 11) is 1.64. The number of esters is 1. The van der Waals surface area contributed by atoms with Crippen molar-refractivity contribution in [1.29, 1.82) is 0 Å². The molecule has 3 rings (SSSR count). The number of hydrogen-bond donors (Lipinski definition) is 2. The Morgan fingerprint density at radius 1 is 1.32 bits per heavy atom. The highest BCUT2D eigenvalue weighted by atomic mass is 16.6. The lowest BCUT2D eigenvalue weighted by Gasteiger charge is -2.22. The van der Waals surface area contributed by atoms with Gasteiger partial charge in [0.15, 0.2) is 0 Å². The van der Waals surface area contributed by atoms with E-state index in [1.165, 1.54) is 0 Å². The molecule has 22 heavy (non-hydrogen) atoms. The molecule has 1 saturated heterocycles. The number of β-amino-alcohol motifs (C(OH)–C–C–N with tert-alkyl or cyclic N) is 1. The Labute approximate surface area is 130 Å². The first-order chi connectivity index (χ1) is 10.7. The van der Waals surface area contributed by atoms with Crippen molar-refractivity contribution in [3.63, 3.8) is 0 Å². The number of hydrogen-bond acceptors (Lipinski definition) is 5. The van der Waals surface area contributed by atoms with E-state index < -0.39 is 12.2 Å². The van der Waals surface area contributed by atoms with Gasteiger partial charge in [-0.15, -0.1) is 0 Å². The molecule has 2 aliphatic rings. The van der Waals surface area contributed by atoms with Crippen LogP contribution in [0.25, 0.3) is 0 Å². The van der Waals surface area contributed by atoms with Gasteiger partial charge in [0, 0.05) is 13.0 Å². The van der Waals surface area contributed by atoms with Crippen molar-refractivity contribution >= 4 is 5.97 Å². The normalized spacial score (nSPS) is 27.6. The van der Waals surface area contributed by atoms with E-state index in [1.807, 2.05) is 24.3 Å². The molecule has 0 amide bonds. The van der Waals surface area contributed by atoms with E-state index >= 15 is 0 Å². The molecule has 0 radical (unpaired) electrons. The van der Waals surface area contributed by atoms with Crippen molar-refractivity contribution in [3.8, 4) is 5.75 Å². The summed E-state index contributed by atoms with van der Waals surface area (Å²) in [5.74, 6) is 1.13. The van der Waals surface area contributed by atoms with E-state index in [1.54, 1.807) is 7.11 Å². The number of methoxy groups -OCH3 is 1. The van der Waals surface area contributed by atoms with E-state index in [2.05, 4.69) is 5.32 Å². The molecule has 3 atom stereocenters. The number of rotatable bonds is 6. The van der Waals surface area contributed by atoms with E-state index in [0.29, 0.717) is 25.3 Å². The molecule has 0 bridgehead atoms. The summed E-state index contributed by atoms with van der Waals surface area (Å²) < 4.78 is 10.7. The standard InChI is InChI=1S/C17H23NO4/c1-21-13-6-4-11(5-7-13)8-14-17(15(19)10-18-14)22-16(20)9-12-2-3-12/h4-7,12,14-15,17-19H,2-3,8-10H2,1H3/t14-,15+,17+/m1/s1. The van der Waals surface area contributed by atoms with Gasteiger partial charge in [0.05, 0.1) is 13.2 Å². The van der Waals surface area contributed by atoms with E-state index in [9.17, 15) is 9.90 Å². The highest BCUT2D eigenvalue weighted by Gasteiger charge is 2.38. The van der Waals surface area contributed by atoms with Crippen molar-refractivity contribution in [2.45, 2.75) is 43.9 Å². The molecule has 1 aromatic carbocycles. The van der Waals surface area contributed by atoms with E-state index in [4.69, 9.17) is 9.47 Å². The van der Waals surface area contributed by atoms with Crippen molar-refractivity contribution < 1.29 is 19.4 Å². The molecule has 0 spiro atoms. The summed E-state index contributed by atoms with van der Waals surface area (Å²) in [5.41, 5.74) is 1.12. The fourth-order valence-corrected chi connectivity index (χ4v) is 2.89. The van der Waals surface area contributed by atoms with Crippen LogP contribution in [0.2, 0.25) is 0 Å². The number of ether oxygens (including phenoxy) is 2. The third kappa shape index (κ3) is 3.78. The molecule has 1 saturated carbocycles. The van der Waals surface area contributed by atoms with Crippen LogP contribution in [0.1, 0.15) is 24.8 Å². The minimum atomic E-state index is -0.633. The van der Waals surface area contributed by atoms with Crippen molar-refractivity contribution in [3.05, 3.63) is 29.8 Å². The molecule has 0 aromatic heterocycles. The Morgan fingerprint density at radius 2 is 2.05 bits per heavy atom. The first kappa shape index (κ1) is 15.3. The quantitative estimate of drug-likeness (QED) is 0.775. The topological polar surface area (TPSA) is 67.8 Å². The average molecular weight is 305 g/mol. The zero-order valence-corrected chi connectivity index (χ0v) is 12.8. The molecule has 2 fully saturated rings. The van der Waals surface area contributed by atoms with Crippen LogP contribution < -0.4 is 10.1 Å². The molecular formula is C17H23NO4. The molecule has 1 aliphatic carbocycles. The lowest BCUT2D eigenvalue weighted by molar-refractivity contribution is -0.154. The monoisotopic (exact) mass is 305 g/mol. The number of carbonyl (C=O) groups is 1. The third-order valence-corrected chi connectivity index (χ3v) is 4.40. The molecule has 2 N–H and O–H groups in total. The van der Waals surface area contributed by atoms with Crippen LogP contribution in [-0.4, -0.2) is 43.0 Å². The van der Waals surface area contributed by atoms with Gasteiger partial charge in [-0.05, 0) is 42.9 Å². The average Bonchev–Trinajstić information content (AvgIpc) is 3.27. The summed E-state index contributed by atoms with van der Waals surface area (Å²) in [5, 5.41) is 13.3.